The van der Waals surface area contributed by atoms with Gasteiger partial charge in [0.25, 0.3) is 0 Å². The topological polar surface area (TPSA) is 58.2 Å². The second-order valence-corrected chi connectivity index (χ2v) is 6.63. The number of hydrogen-bond donors (Lipinski definition) is 2. The predicted octanol–water partition coefficient (Wildman–Crippen LogP) is 2.91. The molecule has 4 nitrogen and oxygen atoms in total. The summed E-state index contributed by atoms with van der Waals surface area (Å²) in [5.41, 5.74) is 0. The number of thiophene rings is 2. The Labute approximate surface area is 132 Å². The summed E-state index contributed by atoms with van der Waals surface area (Å²) < 4.78 is 0. The van der Waals surface area contributed by atoms with Gasteiger partial charge in [-0.25, -0.2) is 0 Å². The Morgan fingerprint density at radius 3 is 1.71 bits per heavy atom. The van der Waals surface area contributed by atoms with Crippen molar-refractivity contribution in [1.29, 1.82) is 0 Å². The first kappa shape index (κ1) is 15.7. The van der Waals surface area contributed by atoms with Crippen LogP contribution < -0.4 is 10.6 Å². The number of nitrogens with one attached hydrogen (secondary N) is 2. The average molecular weight is 322 g/mol. The molecule has 0 aromatic carbocycles. The van der Waals surface area contributed by atoms with Gasteiger partial charge in [0, 0.05) is 22.6 Å². The molecule has 0 radical (unpaired) electrons. The first-order valence-electron chi connectivity index (χ1n) is 6.82. The summed E-state index contributed by atoms with van der Waals surface area (Å²) in [6, 6.07) is 7.90. The lowest BCUT2D eigenvalue weighted by Crippen LogP contribution is -2.24. The highest BCUT2D eigenvalue weighted by atomic mass is 32.1. The minimum Gasteiger partial charge on any atom is -0.351 e. The van der Waals surface area contributed by atoms with E-state index in [1.165, 1.54) is 0 Å². The molecule has 2 aromatic heterocycles. The molecule has 0 atom stereocenters. The largest absolute Gasteiger partial charge is 0.351 e. The van der Waals surface area contributed by atoms with Crippen LogP contribution in [-0.4, -0.2) is 11.8 Å². The molecule has 2 amide bonds. The maximum atomic E-state index is 11.6. The Balaban J connectivity index is 1.53. The van der Waals surface area contributed by atoms with Gasteiger partial charge in [0.1, 0.15) is 0 Å². The number of rotatable bonds is 8. The smallest absolute Gasteiger partial charge is 0.220 e. The third-order valence-corrected chi connectivity index (χ3v) is 4.64. The molecule has 0 spiro atoms. The van der Waals surface area contributed by atoms with Crippen molar-refractivity contribution in [2.45, 2.75) is 32.4 Å². The summed E-state index contributed by atoms with van der Waals surface area (Å²) in [6.07, 6.45) is 1.35. The summed E-state index contributed by atoms with van der Waals surface area (Å²) in [6.45, 7) is 1.14. The predicted molar refractivity (Wildman–Crippen MR) is 86.2 cm³/mol. The van der Waals surface area contributed by atoms with Gasteiger partial charge >= 0.3 is 0 Å². The molecule has 0 saturated carbocycles. The lowest BCUT2D eigenvalue weighted by atomic mass is 10.2. The lowest BCUT2D eigenvalue weighted by molar-refractivity contribution is -0.122. The van der Waals surface area contributed by atoms with E-state index in [1.54, 1.807) is 22.7 Å². The molecule has 2 N–H and O–H groups in total. The number of hydrogen-bond acceptors (Lipinski definition) is 4. The molecular weight excluding hydrogens is 304 g/mol. The highest BCUT2D eigenvalue weighted by molar-refractivity contribution is 7.10. The quantitative estimate of drug-likeness (QED) is 0.785. The third kappa shape index (κ3) is 6.10. The molecule has 6 heteroatoms. The van der Waals surface area contributed by atoms with E-state index in [0.717, 1.165) is 9.75 Å². The van der Waals surface area contributed by atoms with Gasteiger partial charge < -0.3 is 10.6 Å². The lowest BCUT2D eigenvalue weighted by Gasteiger charge is -2.05. The molecule has 0 aliphatic heterocycles. The number of carbonyl (C=O) groups excluding carboxylic acids is 2. The van der Waals surface area contributed by atoms with Crippen LogP contribution >= 0.6 is 22.7 Å². The van der Waals surface area contributed by atoms with Gasteiger partial charge in [-0.1, -0.05) is 12.1 Å². The average Bonchev–Trinajstić information content (AvgIpc) is 3.16. The first-order chi connectivity index (χ1) is 10.2. The van der Waals surface area contributed by atoms with E-state index in [2.05, 4.69) is 10.6 Å². The van der Waals surface area contributed by atoms with Crippen molar-refractivity contribution in [3.05, 3.63) is 44.8 Å². The Morgan fingerprint density at radius 2 is 1.33 bits per heavy atom. The molecule has 2 rings (SSSR count). The zero-order valence-corrected chi connectivity index (χ0v) is 13.3. The third-order valence-electron chi connectivity index (χ3n) is 2.89. The summed E-state index contributed by atoms with van der Waals surface area (Å²) >= 11 is 3.24. The molecule has 0 unspecified atom stereocenters. The Kier molecular flexibility index (Phi) is 6.43. The van der Waals surface area contributed by atoms with Crippen LogP contribution in [0.2, 0.25) is 0 Å². The van der Waals surface area contributed by atoms with Gasteiger partial charge in [0.15, 0.2) is 0 Å². The fourth-order valence-electron chi connectivity index (χ4n) is 1.78. The molecule has 0 saturated heterocycles. The standard InChI is InChI=1S/C15H18N2O2S2/c18-14(16-10-12-4-2-8-20-12)6-1-7-15(19)17-11-13-5-3-9-21-13/h2-5,8-9H,1,6-7,10-11H2,(H,16,18)(H,17,19). The Hall–Kier alpha value is -1.66. The monoisotopic (exact) mass is 322 g/mol. The fourth-order valence-corrected chi connectivity index (χ4v) is 3.07. The Morgan fingerprint density at radius 1 is 0.857 bits per heavy atom. The van der Waals surface area contributed by atoms with Gasteiger partial charge in [-0.05, 0) is 29.3 Å². The van der Waals surface area contributed by atoms with Crippen LogP contribution in [-0.2, 0) is 22.7 Å². The number of carbonyl (C=O) groups is 2. The summed E-state index contributed by atoms with van der Waals surface area (Å²) in [5.74, 6) is -0.0103. The van der Waals surface area contributed by atoms with Crippen molar-refractivity contribution < 1.29 is 9.59 Å². The summed E-state index contributed by atoms with van der Waals surface area (Å²) in [4.78, 5) is 25.5. The molecule has 0 aliphatic carbocycles. The van der Waals surface area contributed by atoms with Crippen LogP contribution in [0.5, 0.6) is 0 Å². The van der Waals surface area contributed by atoms with Crippen LogP contribution in [0.15, 0.2) is 35.0 Å². The van der Waals surface area contributed by atoms with Crippen molar-refractivity contribution in [3.63, 3.8) is 0 Å². The van der Waals surface area contributed by atoms with Crippen molar-refractivity contribution >= 4 is 34.5 Å². The van der Waals surface area contributed by atoms with Crippen LogP contribution in [0.25, 0.3) is 0 Å². The second kappa shape index (κ2) is 8.59. The van der Waals surface area contributed by atoms with E-state index >= 15 is 0 Å². The SMILES string of the molecule is O=C(CCCC(=O)NCc1cccs1)NCc1cccs1. The van der Waals surface area contributed by atoms with Crippen LogP contribution in [0.3, 0.4) is 0 Å². The van der Waals surface area contributed by atoms with Crippen LogP contribution in [0, 0.1) is 0 Å². The molecule has 0 fully saturated rings. The molecule has 2 aromatic rings. The molecule has 21 heavy (non-hydrogen) atoms. The fraction of sp³-hybridized carbons (Fsp3) is 0.333. The van der Waals surface area contributed by atoms with Gasteiger partial charge in [-0.3, -0.25) is 9.59 Å². The maximum absolute atomic E-state index is 11.6. The minimum absolute atomic E-state index is 0.00513. The van der Waals surface area contributed by atoms with E-state index in [1.807, 2.05) is 35.0 Å². The van der Waals surface area contributed by atoms with E-state index in [4.69, 9.17) is 0 Å². The summed E-state index contributed by atoms with van der Waals surface area (Å²) in [7, 11) is 0. The molecule has 112 valence electrons. The van der Waals surface area contributed by atoms with Crippen molar-refractivity contribution in [1.82, 2.24) is 10.6 Å². The van der Waals surface area contributed by atoms with Crippen molar-refractivity contribution in [2.24, 2.45) is 0 Å². The van der Waals surface area contributed by atoms with Gasteiger partial charge in [-0.2, -0.15) is 0 Å². The van der Waals surface area contributed by atoms with Gasteiger partial charge in [0.05, 0.1) is 13.1 Å². The van der Waals surface area contributed by atoms with E-state index in [0.29, 0.717) is 32.4 Å². The van der Waals surface area contributed by atoms with Crippen molar-refractivity contribution in [2.75, 3.05) is 0 Å². The normalized spacial score (nSPS) is 10.3. The van der Waals surface area contributed by atoms with Crippen LogP contribution in [0.1, 0.15) is 29.0 Å². The van der Waals surface area contributed by atoms with Gasteiger partial charge in [-0.15, -0.1) is 22.7 Å². The van der Waals surface area contributed by atoms with E-state index < -0.39 is 0 Å². The second-order valence-electron chi connectivity index (χ2n) is 4.57. The number of amides is 2. The highest BCUT2D eigenvalue weighted by Gasteiger charge is 2.05. The van der Waals surface area contributed by atoms with E-state index in [-0.39, 0.29) is 11.8 Å². The van der Waals surface area contributed by atoms with Gasteiger partial charge in [0.2, 0.25) is 11.8 Å². The molecular formula is C15H18N2O2S2. The van der Waals surface area contributed by atoms with Crippen molar-refractivity contribution in [3.8, 4) is 0 Å². The van der Waals surface area contributed by atoms with E-state index in [9.17, 15) is 9.59 Å². The zero-order valence-electron chi connectivity index (χ0n) is 11.6. The summed E-state index contributed by atoms with van der Waals surface area (Å²) in [5, 5.41) is 9.68. The Bertz CT molecular complexity index is 500. The first-order valence-corrected chi connectivity index (χ1v) is 8.58. The molecule has 0 aliphatic rings. The highest BCUT2D eigenvalue weighted by Crippen LogP contribution is 2.08. The molecule has 2 heterocycles. The maximum Gasteiger partial charge on any atom is 0.220 e. The molecule has 0 bridgehead atoms. The van der Waals surface area contributed by atoms with Crippen LogP contribution in [0.4, 0.5) is 0 Å². The zero-order chi connectivity index (χ0) is 14.9. The minimum atomic E-state index is -0.00513.